The van der Waals surface area contributed by atoms with E-state index in [1.165, 1.54) is 42.5 Å². The third kappa shape index (κ3) is 3.66. The first-order valence-corrected chi connectivity index (χ1v) is 11.0. The van der Waals surface area contributed by atoms with E-state index in [9.17, 15) is 0 Å². The lowest BCUT2D eigenvalue weighted by Gasteiger charge is -2.39. The Kier molecular flexibility index (Phi) is 5.67. The number of piperazine rings is 1. The maximum Gasteiger partial charge on any atom is 0.209 e. The fourth-order valence-electron chi connectivity index (χ4n) is 5.19. The van der Waals surface area contributed by atoms with Crippen molar-refractivity contribution >= 4 is 5.69 Å². The van der Waals surface area contributed by atoms with E-state index in [0.717, 1.165) is 32.0 Å². The minimum Gasteiger partial charge on any atom is -0.360 e. The van der Waals surface area contributed by atoms with Gasteiger partial charge in [-0.15, -0.1) is 5.10 Å². The fourth-order valence-corrected chi connectivity index (χ4v) is 5.19. The van der Waals surface area contributed by atoms with E-state index in [-0.39, 0.29) is 0 Å². The lowest BCUT2D eigenvalue weighted by Crippen LogP contribution is -3.15. The van der Waals surface area contributed by atoms with Crippen LogP contribution in [0.25, 0.3) is 0 Å². The summed E-state index contributed by atoms with van der Waals surface area (Å²) in [7, 11) is 0. The second-order valence-corrected chi connectivity index (χ2v) is 9.01. The van der Waals surface area contributed by atoms with Crippen molar-refractivity contribution in [1.29, 1.82) is 0 Å². The highest BCUT2D eigenvalue weighted by atomic mass is 15.6. The number of nitrogens with one attached hydrogen (secondary N) is 1. The number of tetrazole rings is 1. The van der Waals surface area contributed by atoms with Gasteiger partial charge in [-0.3, -0.25) is 0 Å². The molecule has 1 aromatic heterocycles. The Hall–Kier alpha value is -1.95. The maximum atomic E-state index is 4.53. The number of anilines is 1. The molecular formula is C22H35N6+. The van der Waals surface area contributed by atoms with Crippen molar-refractivity contribution in [3.05, 3.63) is 35.2 Å². The number of hydrogen-bond acceptors (Lipinski definition) is 4. The molecule has 1 N–H and O–H groups in total. The second-order valence-electron chi connectivity index (χ2n) is 9.01. The van der Waals surface area contributed by atoms with Gasteiger partial charge in [-0.25, -0.2) is 4.68 Å². The highest BCUT2D eigenvalue weighted by Gasteiger charge is 2.36. The zero-order chi connectivity index (χ0) is 19.7. The van der Waals surface area contributed by atoms with Crippen LogP contribution < -0.4 is 9.80 Å². The molecule has 2 aliphatic rings. The van der Waals surface area contributed by atoms with Crippen molar-refractivity contribution in [2.75, 3.05) is 31.1 Å². The van der Waals surface area contributed by atoms with Crippen molar-refractivity contribution in [2.45, 2.75) is 65.5 Å². The molecule has 0 spiro atoms. The van der Waals surface area contributed by atoms with E-state index in [4.69, 9.17) is 0 Å². The van der Waals surface area contributed by atoms with Crippen LogP contribution >= 0.6 is 0 Å². The SMILES string of the molecule is Cc1cccc(N2CC[NH+]([C@@H](c3nnnn3C3CCCC3)C(C)C)CC2)c1C. The van der Waals surface area contributed by atoms with Gasteiger partial charge in [-0.05, 0) is 54.3 Å². The van der Waals surface area contributed by atoms with E-state index in [1.54, 1.807) is 4.90 Å². The first kappa shape index (κ1) is 19.4. The monoisotopic (exact) mass is 383 g/mol. The van der Waals surface area contributed by atoms with Gasteiger partial charge in [0.15, 0.2) is 6.04 Å². The molecule has 6 heteroatoms. The largest absolute Gasteiger partial charge is 0.360 e. The molecule has 0 unspecified atom stereocenters. The standard InChI is InChI=1S/C22H34N6/c1-16(2)21(22-23-24-25-28(22)19-9-5-6-10-19)27-14-12-26(13-15-27)20-11-7-8-17(3)18(20)4/h7-8,11,16,19,21H,5-6,9-10,12-15H2,1-4H3/p+1/t21-/m1/s1. The third-order valence-corrected chi connectivity index (χ3v) is 6.90. The summed E-state index contributed by atoms with van der Waals surface area (Å²) in [5.74, 6) is 1.63. The predicted octanol–water partition coefficient (Wildman–Crippen LogP) is 2.51. The lowest BCUT2D eigenvalue weighted by atomic mass is 9.99. The van der Waals surface area contributed by atoms with Crippen LogP contribution in [0, 0.1) is 19.8 Å². The van der Waals surface area contributed by atoms with Gasteiger partial charge in [-0.2, -0.15) is 0 Å². The smallest absolute Gasteiger partial charge is 0.209 e. The predicted molar refractivity (Wildman–Crippen MR) is 112 cm³/mol. The number of nitrogens with zero attached hydrogens (tertiary/aromatic N) is 5. The Labute approximate surface area is 168 Å². The molecule has 1 aliphatic heterocycles. The molecule has 0 radical (unpaired) electrons. The molecule has 2 aromatic rings. The molecule has 1 aliphatic carbocycles. The average Bonchev–Trinajstić information content (AvgIpc) is 3.36. The van der Waals surface area contributed by atoms with Crippen molar-refractivity contribution in [1.82, 2.24) is 20.2 Å². The Morgan fingerprint density at radius 3 is 2.46 bits per heavy atom. The van der Waals surface area contributed by atoms with Crippen molar-refractivity contribution in [3.8, 4) is 0 Å². The van der Waals surface area contributed by atoms with Crippen LogP contribution in [0.3, 0.4) is 0 Å². The van der Waals surface area contributed by atoms with Gasteiger partial charge >= 0.3 is 0 Å². The van der Waals surface area contributed by atoms with E-state index in [0.29, 0.717) is 18.0 Å². The summed E-state index contributed by atoms with van der Waals surface area (Å²) in [5, 5.41) is 13.0. The fraction of sp³-hybridized carbons (Fsp3) is 0.682. The van der Waals surface area contributed by atoms with Crippen LogP contribution in [0.4, 0.5) is 5.69 Å². The number of benzene rings is 1. The normalized spacial score (nSPS) is 20.2. The molecule has 28 heavy (non-hydrogen) atoms. The van der Waals surface area contributed by atoms with E-state index >= 15 is 0 Å². The summed E-state index contributed by atoms with van der Waals surface area (Å²) < 4.78 is 2.17. The van der Waals surface area contributed by atoms with E-state index < -0.39 is 0 Å². The molecule has 4 rings (SSSR count). The summed E-state index contributed by atoms with van der Waals surface area (Å²) in [6, 6.07) is 7.54. The quantitative estimate of drug-likeness (QED) is 0.862. The Morgan fingerprint density at radius 1 is 1.07 bits per heavy atom. The summed E-state index contributed by atoms with van der Waals surface area (Å²) >= 11 is 0. The molecular weight excluding hydrogens is 348 g/mol. The van der Waals surface area contributed by atoms with Gasteiger partial charge < -0.3 is 9.80 Å². The van der Waals surface area contributed by atoms with Gasteiger partial charge in [0.2, 0.25) is 5.82 Å². The van der Waals surface area contributed by atoms with Crippen LogP contribution in [0.15, 0.2) is 18.2 Å². The van der Waals surface area contributed by atoms with Crippen molar-refractivity contribution < 1.29 is 4.90 Å². The zero-order valence-electron chi connectivity index (χ0n) is 17.9. The summed E-state index contributed by atoms with van der Waals surface area (Å²) in [5.41, 5.74) is 4.19. The summed E-state index contributed by atoms with van der Waals surface area (Å²) in [6.45, 7) is 13.5. The molecule has 152 valence electrons. The maximum absolute atomic E-state index is 4.53. The molecule has 6 nitrogen and oxygen atoms in total. The van der Waals surface area contributed by atoms with Crippen molar-refractivity contribution in [3.63, 3.8) is 0 Å². The summed E-state index contributed by atoms with van der Waals surface area (Å²) in [6.07, 6.45) is 5.05. The van der Waals surface area contributed by atoms with Crippen LogP contribution in [-0.4, -0.2) is 46.4 Å². The molecule has 0 bridgehead atoms. The van der Waals surface area contributed by atoms with Crippen molar-refractivity contribution in [2.24, 2.45) is 5.92 Å². The van der Waals surface area contributed by atoms with Crippen LogP contribution in [-0.2, 0) is 0 Å². The number of quaternary nitrogens is 1. The van der Waals surface area contributed by atoms with Gasteiger partial charge in [0.05, 0.1) is 32.2 Å². The number of hydrogen-bond donors (Lipinski definition) is 1. The van der Waals surface area contributed by atoms with Gasteiger partial charge in [0.1, 0.15) is 0 Å². The topological polar surface area (TPSA) is 51.3 Å². The number of rotatable bonds is 5. The van der Waals surface area contributed by atoms with Crippen LogP contribution in [0.1, 0.15) is 68.6 Å². The summed E-state index contributed by atoms with van der Waals surface area (Å²) in [4.78, 5) is 4.19. The Morgan fingerprint density at radius 2 is 1.79 bits per heavy atom. The molecule has 1 saturated heterocycles. The van der Waals surface area contributed by atoms with Crippen LogP contribution in [0.2, 0.25) is 0 Å². The molecule has 1 aromatic carbocycles. The van der Waals surface area contributed by atoms with E-state index in [2.05, 4.69) is 71.0 Å². The molecule has 1 atom stereocenters. The first-order valence-electron chi connectivity index (χ1n) is 11.0. The number of aryl methyl sites for hydroxylation is 1. The van der Waals surface area contributed by atoms with Gasteiger partial charge in [-0.1, -0.05) is 38.8 Å². The van der Waals surface area contributed by atoms with Gasteiger partial charge in [0.25, 0.3) is 0 Å². The van der Waals surface area contributed by atoms with Gasteiger partial charge in [0, 0.05) is 11.6 Å². The molecule has 2 fully saturated rings. The number of aromatic nitrogens is 4. The zero-order valence-corrected chi connectivity index (χ0v) is 17.9. The Balaban J connectivity index is 1.50. The molecule has 2 heterocycles. The lowest BCUT2D eigenvalue weighted by molar-refractivity contribution is -0.937. The first-order chi connectivity index (χ1) is 13.6. The minimum absolute atomic E-state index is 0.372. The highest BCUT2D eigenvalue weighted by molar-refractivity contribution is 5.56. The Bertz CT molecular complexity index is 784. The molecule has 1 saturated carbocycles. The minimum atomic E-state index is 0.372. The second kappa shape index (κ2) is 8.19. The third-order valence-electron chi connectivity index (χ3n) is 6.90. The van der Waals surface area contributed by atoms with Crippen LogP contribution in [0.5, 0.6) is 0 Å². The molecule has 0 amide bonds. The van der Waals surface area contributed by atoms with E-state index in [1.807, 2.05) is 0 Å². The average molecular weight is 384 g/mol. The highest BCUT2D eigenvalue weighted by Crippen LogP contribution is 2.31.